The molecule has 1 aliphatic heterocycles. The third-order valence-electron chi connectivity index (χ3n) is 2.38. The summed E-state index contributed by atoms with van der Waals surface area (Å²) in [6.45, 7) is 0. The number of rotatable bonds is 3. The summed E-state index contributed by atoms with van der Waals surface area (Å²) in [7, 11) is -3.49. The zero-order valence-electron chi connectivity index (χ0n) is 7.24. The number of halogens is 2. The molecule has 1 saturated heterocycles. The van der Waals surface area contributed by atoms with Crippen molar-refractivity contribution in [2.75, 3.05) is 11.5 Å². The van der Waals surface area contributed by atoms with Gasteiger partial charge in [-0.3, -0.25) is 4.79 Å². The van der Waals surface area contributed by atoms with Gasteiger partial charge in [-0.2, -0.15) is 0 Å². The highest BCUT2D eigenvalue weighted by Crippen LogP contribution is 2.41. The molecular weight excluding hydrogens is 218 g/mol. The van der Waals surface area contributed by atoms with Crippen LogP contribution in [0.4, 0.5) is 8.78 Å². The fourth-order valence-corrected chi connectivity index (χ4v) is 3.74. The molecule has 1 heterocycles. The average molecular weight is 228 g/mol. The monoisotopic (exact) mass is 228 g/mol. The van der Waals surface area contributed by atoms with Crippen LogP contribution in [0, 0.1) is 5.41 Å². The Labute approximate surface area is 79.8 Å². The number of alkyl halides is 2. The van der Waals surface area contributed by atoms with Gasteiger partial charge in [0.1, 0.15) is 0 Å². The Morgan fingerprint density at radius 1 is 1.50 bits per heavy atom. The normalized spacial score (nSPS) is 30.8. The summed E-state index contributed by atoms with van der Waals surface area (Å²) in [6.07, 6.45) is -3.96. The Morgan fingerprint density at radius 3 is 2.36 bits per heavy atom. The van der Waals surface area contributed by atoms with E-state index in [2.05, 4.69) is 0 Å². The topological polar surface area (TPSA) is 71.4 Å². The van der Waals surface area contributed by atoms with E-state index in [4.69, 9.17) is 5.11 Å². The van der Waals surface area contributed by atoms with Crippen LogP contribution >= 0.6 is 0 Å². The maximum atomic E-state index is 12.6. The molecule has 1 N–H and O–H groups in total. The summed E-state index contributed by atoms with van der Waals surface area (Å²) in [5.41, 5.74) is -1.87. The lowest BCUT2D eigenvalue weighted by atomic mass is 9.84. The third-order valence-corrected chi connectivity index (χ3v) is 4.23. The van der Waals surface area contributed by atoms with Gasteiger partial charge in [-0.25, -0.2) is 17.2 Å². The average Bonchev–Trinajstić information content (AvgIpc) is 2.26. The van der Waals surface area contributed by atoms with Gasteiger partial charge in [-0.1, -0.05) is 0 Å². The lowest BCUT2D eigenvalue weighted by molar-refractivity contribution is -0.142. The number of carboxylic acids is 1. The van der Waals surface area contributed by atoms with Crippen molar-refractivity contribution in [3.63, 3.8) is 0 Å². The van der Waals surface area contributed by atoms with Gasteiger partial charge >= 0.3 is 5.97 Å². The molecule has 0 saturated carbocycles. The van der Waals surface area contributed by atoms with Crippen LogP contribution in [0.1, 0.15) is 12.8 Å². The molecule has 1 aliphatic rings. The third kappa shape index (κ3) is 2.20. The summed E-state index contributed by atoms with van der Waals surface area (Å²) in [5.74, 6) is -2.45. The minimum absolute atomic E-state index is 0.265. The summed E-state index contributed by atoms with van der Waals surface area (Å²) in [4.78, 5) is 10.3. The minimum Gasteiger partial charge on any atom is -0.481 e. The van der Waals surface area contributed by atoms with E-state index in [1.54, 1.807) is 0 Å². The first-order chi connectivity index (χ1) is 6.27. The predicted octanol–water partition coefficient (Wildman–Crippen LogP) is 0.531. The fraction of sp³-hybridized carbons (Fsp3) is 0.857. The Bertz CT molecular complexity index is 338. The number of carbonyl (C=O) groups is 1. The molecule has 0 bridgehead atoms. The Morgan fingerprint density at radius 2 is 2.07 bits per heavy atom. The standard InChI is InChI=1S/C7H10F2O4S/c8-6(9)7(3-5(10)11)1-2-14(12,13)4-7/h6H,1-4H2,(H,10,11). The van der Waals surface area contributed by atoms with E-state index in [1.807, 2.05) is 0 Å². The number of hydrogen-bond acceptors (Lipinski definition) is 3. The first kappa shape index (κ1) is 11.4. The van der Waals surface area contributed by atoms with Gasteiger partial charge in [0.05, 0.1) is 23.3 Å². The van der Waals surface area contributed by atoms with E-state index in [9.17, 15) is 22.0 Å². The second-order valence-corrected chi connectivity index (χ2v) is 5.76. The molecule has 0 aromatic heterocycles. The van der Waals surface area contributed by atoms with Gasteiger partial charge in [0.15, 0.2) is 9.84 Å². The van der Waals surface area contributed by atoms with Crippen LogP contribution in [-0.2, 0) is 14.6 Å². The molecule has 0 spiro atoms. The second-order valence-electron chi connectivity index (χ2n) is 3.58. The SMILES string of the molecule is O=C(O)CC1(C(F)F)CCS(=O)(=O)C1. The molecular formula is C7H10F2O4S. The van der Waals surface area contributed by atoms with E-state index < -0.39 is 39.8 Å². The molecule has 0 aromatic carbocycles. The molecule has 7 heteroatoms. The maximum absolute atomic E-state index is 12.6. The maximum Gasteiger partial charge on any atom is 0.304 e. The largest absolute Gasteiger partial charge is 0.481 e. The van der Waals surface area contributed by atoms with Crippen molar-refractivity contribution in [1.29, 1.82) is 0 Å². The molecule has 0 radical (unpaired) electrons. The van der Waals surface area contributed by atoms with Crippen LogP contribution < -0.4 is 0 Å². The smallest absolute Gasteiger partial charge is 0.304 e. The van der Waals surface area contributed by atoms with Crippen LogP contribution in [-0.4, -0.2) is 37.4 Å². The lowest BCUT2D eigenvalue weighted by Gasteiger charge is -2.23. The highest BCUT2D eigenvalue weighted by molar-refractivity contribution is 7.91. The number of sulfone groups is 1. The predicted molar refractivity (Wildman–Crippen MR) is 44.0 cm³/mol. The molecule has 14 heavy (non-hydrogen) atoms. The van der Waals surface area contributed by atoms with Gasteiger partial charge in [0.25, 0.3) is 0 Å². The lowest BCUT2D eigenvalue weighted by Crippen LogP contribution is -2.33. The van der Waals surface area contributed by atoms with Crippen LogP contribution in [0.5, 0.6) is 0 Å². The molecule has 4 nitrogen and oxygen atoms in total. The van der Waals surface area contributed by atoms with Crippen molar-refractivity contribution in [3.8, 4) is 0 Å². The van der Waals surface area contributed by atoms with Crippen molar-refractivity contribution in [3.05, 3.63) is 0 Å². The van der Waals surface area contributed by atoms with Gasteiger partial charge in [0, 0.05) is 0 Å². The van der Waals surface area contributed by atoms with Gasteiger partial charge in [-0.15, -0.1) is 0 Å². The molecule has 1 rings (SSSR count). The van der Waals surface area contributed by atoms with Crippen molar-refractivity contribution in [2.24, 2.45) is 5.41 Å². The Kier molecular flexibility index (Phi) is 2.80. The van der Waals surface area contributed by atoms with Crippen LogP contribution in [0.15, 0.2) is 0 Å². The Balaban J connectivity index is 2.91. The van der Waals surface area contributed by atoms with Crippen LogP contribution in [0.2, 0.25) is 0 Å². The van der Waals surface area contributed by atoms with Crippen molar-refractivity contribution in [1.82, 2.24) is 0 Å². The van der Waals surface area contributed by atoms with Crippen molar-refractivity contribution >= 4 is 15.8 Å². The highest BCUT2D eigenvalue weighted by atomic mass is 32.2. The quantitative estimate of drug-likeness (QED) is 0.764. The van der Waals surface area contributed by atoms with E-state index in [0.717, 1.165) is 0 Å². The summed E-state index contributed by atoms with van der Waals surface area (Å²) >= 11 is 0. The molecule has 1 atom stereocenters. The van der Waals surface area contributed by atoms with Crippen molar-refractivity contribution in [2.45, 2.75) is 19.3 Å². The molecule has 0 aliphatic carbocycles. The molecule has 1 unspecified atom stereocenters. The number of hydrogen-bond donors (Lipinski definition) is 1. The summed E-state index contributed by atoms with van der Waals surface area (Å²) < 4.78 is 47.2. The molecule has 1 fully saturated rings. The van der Waals surface area contributed by atoms with E-state index >= 15 is 0 Å². The van der Waals surface area contributed by atoms with Crippen molar-refractivity contribution < 1.29 is 27.1 Å². The van der Waals surface area contributed by atoms with E-state index in [0.29, 0.717) is 0 Å². The Hall–Kier alpha value is -0.720. The van der Waals surface area contributed by atoms with Gasteiger partial charge in [-0.05, 0) is 6.42 Å². The number of carboxylic acid groups (broad SMARTS) is 1. The first-order valence-corrected chi connectivity index (χ1v) is 5.80. The first-order valence-electron chi connectivity index (χ1n) is 3.98. The van der Waals surface area contributed by atoms with Gasteiger partial charge < -0.3 is 5.11 Å². The summed E-state index contributed by atoms with van der Waals surface area (Å²) in [6, 6.07) is 0. The zero-order valence-corrected chi connectivity index (χ0v) is 8.06. The van der Waals surface area contributed by atoms with E-state index in [1.165, 1.54) is 0 Å². The van der Waals surface area contributed by atoms with E-state index in [-0.39, 0.29) is 12.2 Å². The van der Waals surface area contributed by atoms with Crippen LogP contribution in [0.3, 0.4) is 0 Å². The zero-order chi connectivity index (χ0) is 11.0. The van der Waals surface area contributed by atoms with Crippen LogP contribution in [0.25, 0.3) is 0 Å². The summed E-state index contributed by atoms with van der Waals surface area (Å²) in [5, 5.41) is 8.43. The fourth-order valence-electron chi connectivity index (χ4n) is 1.63. The molecule has 0 amide bonds. The highest BCUT2D eigenvalue weighted by Gasteiger charge is 2.50. The molecule has 0 aromatic rings. The minimum atomic E-state index is -3.49. The van der Waals surface area contributed by atoms with Gasteiger partial charge in [0.2, 0.25) is 6.43 Å². The second kappa shape index (κ2) is 3.45. The number of aliphatic carboxylic acids is 1. The molecule has 82 valence electrons.